The van der Waals surface area contributed by atoms with Crippen LogP contribution in [0.15, 0.2) is 48.5 Å². The Kier molecular flexibility index (Phi) is 6.03. The predicted octanol–water partition coefficient (Wildman–Crippen LogP) is 2.57. The third kappa shape index (κ3) is 4.92. The van der Waals surface area contributed by atoms with E-state index >= 15 is 0 Å². The highest BCUT2D eigenvalue weighted by Crippen LogP contribution is 2.13. The minimum absolute atomic E-state index is 0.175. The van der Waals surface area contributed by atoms with Crippen LogP contribution in [0.2, 0.25) is 0 Å². The second-order valence-corrected chi connectivity index (χ2v) is 5.08. The molecule has 0 aliphatic rings. The highest BCUT2D eigenvalue weighted by atomic mass is 19.1. The summed E-state index contributed by atoms with van der Waals surface area (Å²) in [6, 6.07) is 14.2. The first-order valence-electron chi connectivity index (χ1n) is 7.38. The Morgan fingerprint density at radius 2 is 1.75 bits per heavy atom. The van der Waals surface area contributed by atoms with Crippen molar-refractivity contribution in [2.45, 2.75) is 12.8 Å². The first-order chi connectivity index (χ1) is 11.6. The van der Waals surface area contributed by atoms with Crippen molar-refractivity contribution in [2.24, 2.45) is 0 Å². The van der Waals surface area contributed by atoms with E-state index in [1.54, 1.807) is 30.3 Å². The number of halogens is 1. The third-order valence-corrected chi connectivity index (χ3v) is 3.41. The minimum Gasteiger partial charge on any atom is -0.325 e. The second kappa shape index (κ2) is 8.44. The summed E-state index contributed by atoms with van der Waals surface area (Å²) in [6.45, 7) is -0.175. The van der Waals surface area contributed by atoms with Gasteiger partial charge in [0.05, 0.1) is 6.07 Å². The predicted molar refractivity (Wildman–Crippen MR) is 86.7 cm³/mol. The van der Waals surface area contributed by atoms with Crippen LogP contribution in [0.3, 0.4) is 0 Å². The number of carbonyl (C=O) groups excluding carboxylic acids is 2. The maximum atomic E-state index is 12.9. The maximum absolute atomic E-state index is 12.9. The number of benzene rings is 2. The van der Waals surface area contributed by atoms with Crippen molar-refractivity contribution in [1.82, 2.24) is 10.6 Å². The number of hydrogen-bond acceptors (Lipinski definition) is 3. The van der Waals surface area contributed by atoms with Crippen molar-refractivity contribution < 1.29 is 14.0 Å². The van der Waals surface area contributed by atoms with E-state index in [0.717, 1.165) is 11.1 Å². The molecule has 6 heteroatoms. The Hall–Kier alpha value is -3.20. The molecule has 0 aliphatic heterocycles. The van der Waals surface area contributed by atoms with E-state index in [1.807, 2.05) is 12.1 Å². The largest absolute Gasteiger partial charge is 0.325 e. The molecular formula is C18H16FN3O2. The van der Waals surface area contributed by atoms with Gasteiger partial charge in [0, 0.05) is 5.56 Å². The number of hydrogen-bond donors (Lipinski definition) is 2. The first-order valence-corrected chi connectivity index (χ1v) is 7.38. The highest BCUT2D eigenvalue weighted by molar-refractivity contribution is 6.05. The number of carbonyl (C=O) groups is 2. The lowest BCUT2D eigenvalue weighted by molar-refractivity contribution is 0.0963. The fraction of sp³-hybridized carbons (Fsp3) is 0.167. The van der Waals surface area contributed by atoms with Crippen molar-refractivity contribution in [2.75, 3.05) is 6.54 Å². The number of urea groups is 1. The molecule has 0 bridgehead atoms. The normalized spacial score (nSPS) is 9.83. The molecule has 2 N–H and O–H groups in total. The van der Waals surface area contributed by atoms with Gasteiger partial charge in [0.1, 0.15) is 12.4 Å². The summed E-state index contributed by atoms with van der Waals surface area (Å²) < 4.78 is 12.9. The number of aryl methyl sites for hydroxylation is 2. The van der Waals surface area contributed by atoms with Gasteiger partial charge in [0.2, 0.25) is 0 Å². The van der Waals surface area contributed by atoms with Gasteiger partial charge in [-0.1, -0.05) is 30.3 Å². The zero-order valence-corrected chi connectivity index (χ0v) is 12.9. The van der Waals surface area contributed by atoms with Gasteiger partial charge >= 0.3 is 6.03 Å². The van der Waals surface area contributed by atoms with Crippen LogP contribution in [0.1, 0.15) is 21.5 Å². The van der Waals surface area contributed by atoms with Gasteiger partial charge in [-0.25, -0.2) is 9.18 Å². The molecule has 0 aromatic heterocycles. The van der Waals surface area contributed by atoms with Gasteiger partial charge in [-0.05, 0) is 42.2 Å². The lowest BCUT2D eigenvalue weighted by atomic mass is 9.99. The van der Waals surface area contributed by atoms with Crippen LogP contribution in [-0.2, 0) is 12.8 Å². The van der Waals surface area contributed by atoms with E-state index in [9.17, 15) is 14.0 Å². The molecular weight excluding hydrogens is 309 g/mol. The Morgan fingerprint density at radius 3 is 2.46 bits per heavy atom. The molecule has 0 atom stereocenters. The molecule has 0 fully saturated rings. The van der Waals surface area contributed by atoms with Crippen LogP contribution in [0.25, 0.3) is 0 Å². The van der Waals surface area contributed by atoms with Gasteiger partial charge in [0.25, 0.3) is 5.91 Å². The Labute approximate surface area is 139 Å². The van der Waals surface area contributed by atoms with Gasteiger partial charge < -0.3 is 5.32 Å². The van der Waals surface area contributed by atoms with Crippen LogP contribution >= 0.6 is 0 Å². The van der Waals surface area contributed by atoms with E-state index in [0.29, 0.717) is 18.4 Å². The number of nitrogens with zero attached hydrogens (tertiary/aromatic N) is 1. The molecule has 2 aromatic rings. The van der Waals surface area contributed by atoms with Crippen molar-refractivity contribution in [3.63, 3.8) is 0 Å². The SMILES string of the molecule is N#CCNC(=O)NC(=O)c1ccccc1CCc1ccc(F)cc1. The van der Waals surface area contributed by atoms with E-state index < -0.39 is 11.9 Å². The highest BCUT2D eigenvalue weighted by Gasteiger charge is 2.13. The average molecular weight is 325 g/mol. The molecule has 0 saturated heterocycles. The van der Waals surface area contributed by atoms with E-state index in [-0.39, 0.29) is 12.4 Å². The Bertz CT molecular complexity index is 767. The molecule has 122 valence electrons. The molecule has 5 nitrogen and oxygen atoms in total. The molecule has 0 aliphatic carbocycles. The summed E-state index contributed by atoms with van der Waals surface area (Å²) in [6.07, 6.45) is 1.22. The quantitative estimate of drug-likeness (QED) is 0.829. The zero-order valence-electron chi connectivity index (χ0n) is 12.9. The van der Waals surface area contributed by atoms with E-state index in [1.165, 1.54) is 12.1 Å². The molecule has 0 unspecified atom stereocenters. The number of nitriles is 1. The zero-order chi connectivity index (χ0) is 17.4. The maximum Gasteiger partial charge on any atom is 0.322 e. The summed E-state index contributed by atoms with van der Waals surface area (Å²) in [5.41, 5.74) is 2.14. The summed E-state index contributed by atoms with van der Waals surface area (Å²) in [7, 11) is 0. The lowest BCUT2D eigenvalue weighted by Crippen LogP contribution is -2.39. The molecule has 0 saturated carbocycles. The lowest BCUT2D eigenvalue weighted by Gasteiger charge is -2.10. The summed E-state index contributed by atoms with van der Waals surface area (Å²) in [5, 5.41) is 12.8. The Morgan fingerprint density at radius 1 is 1.04 bits per heavy atom. The van der Waals surface area contributed by atoms with Crippen LogP contribution < -0.4 is 10.6 Å². The fourth-order valence-electron chi connectivity index (χ4n) is 2.22. The molecule has 0 heterocycles. The molecule has 2 aromatic carbocycles. The minimum atomic E-state index is -0.713. The van der Waals surface area contributed by atoms with Crippen molar-refractivity contribution in [3.8, 4) is 6.07 Å². The van der Waals surface area contributed by atoms with Gasteiger partial charge in [0.15, 0.2) is 0 Å². The van der Waals surface area contributed by atoms with Crippen LogP contribution in [0.4, 0.5) is 9.18 Å². The summed E-state index contributed by atoms with van der Waals surface area (Å²) in [4.78, 5) is 23.7. The smallest absolute Gasteiger partial charge is 0.322 e. The number of amides is 3. The molecule has 2 rings (SSSR count). The third-order valence-electron chi connectivity index (χ3n) is 3.41. The standard InChI is InChI=1S/C18H16FN3O2/c19-15-9-6-13(7-10-15)5-8-14-3-1-2-4-16(14)17(23)22-18(24)21-12-11-20/h1-4,6-7,9-10H,5,8,12H2,(H2,21,22,23,24). The topological polar surface area (TPSA) is 82.0 Å². The van der Waals surface area contributed by atoms with Gasteiger partial charge in [-0.2, -0.15) is 5.26 Å². The summed E-state index contributed by atoms with van der Waals surface area (Å²) >= 11 is 0. The van der Waals surface area contributed by atoms with Crippen LogP contribution in [0, 0.1) is 17.1 Å². The molecule has 3 amide bonds. The summed E-state index contributed by atoms with van der Waals surface area (Å²) in [5.74, 6) is -0.818. The molecule has 0 radical (unpaired) electrons. The number of rotatable bonds is 5. The van der Waals surface area contributed by atoms with Crippen molar-refractivity contribution >= 4 is 11.9 Å². The van der Waals surface area contributed by atoms with Gasteiger partial charge in [-0.15, -0.1) is 0 Å². The van der Waals surface area contributed by atoms with E-state index in [2.05, 4.69) is 10.6 Å². The first kappa shape index (κ1) is 17.2. The van der Waals surface area contributed by atoms with Crippen molar-refractivity contribution in [1.29, 1.82) is 5.26 Å². The molecule has 0 spiro atoms. The molecule has 24 heavy (non-hydrogen) atoms. The number of nitrogens with one attached hydrogen (secondary N) is 2. The van der Waals surface area contributed by atoms with E-state index in [4.69, 9.17) is 5.26 Å². The van der Waals surface area contributed by atoms with Crippen LogP contribution in [-0.4, -0.2) is 18.5 Å². The Balaban J connectivity index is 2.03. The van der Waals surface area contributed by atoms with Gasteiger partial charge in [-0.3, -0.25) is 10.1 Å². The number of imide groups is 1. The average Bonchev–Trinajstić information content (AvgIpc) is 2.59. The van der Waals surface area contributed by atoms with Crippen LogP contribution in [0.5, 0.6) is 0 Å². The monoisotopic (exact) mass is 325 g/mol. The van der Waals surface area contributed by atoms with Crippen molar-refractivity contribution in [3.05, 3.63) is 71.0 Å². The second-order valence-electron chi connectivity index (χ2n) is 5.08. The fourth-order valence-corrected chi connectivity index (χ4v) is 2.22.